The standard InChI is InChI=1S/C16H16ClNO2S.C7H6O3/c1-20-16(19)15(12-4-2-3-5-13(12)17)18-8-6-14-11(10-18)7-9-21-14;8-5-10-7-3-1-6(9)2-4-7/h2-5,7,9,15H,6,8,10H2,1H3;1-5,9H/t15-;/m0./s1. The van der Waals surface area contributed by atoms with Gasteiger partial charge in [0.15, 0.2) is 0 Å². The second kappa shape index (κ2) is 10.9. The van der Waals surface area contributed by atoms with Crippen molar-refractivity contribution in [2.24, 2.45) is 0 Å². The van der Waals surface area contributed by atoms with Crippen LogP contribution >= 0.6 is 22.9 Å². The molecule has 2 heterocycles. The van der Waals surface area contributed by atoms with Gasteiger partial charge in [0, 0.05) is 23.0 Å². The van der Waals surface area contributed by atoms with Crippen molar-refractivity contribution in [3.63, 3.8) is 0 Å². The number of hydrogen-bond acceptors (Lipinski definition) is 7. The fraction of sp³-hybridized carbons (Fsp3) is 0.217. The van der Waals surface area contributed by atoms with Crippen molar-refractivity contribution in [1.82, 2.24) is 4.90 Å². The smallest absolute Gasteiger partial charge is 0.327 e. The molecular formula is C23H22ClNO5S. The fourth-order valence-corrected chi connectivity index (χ4v) is 4.48. The summed E-state index contributed by atoms with van der Waals surface area (Å²) in [6.45, 7) is 1.93. The van der Waals surface area contributed by atoms with Crippen LogP contribution in [0, 0.1) is 0 Å². The van der Waals surface area contributed by atoms with Crippen molar-refractivity contribution in [3.05, 3.63) is 81.0 Å². The van der Waals surface area contributed by atoms with Crippen LogP contribution in [-0.2, 0) is 27.3 Å². The third-order valence-electron chi connectivity index (χ3n) is 4.85. The molecule has 6 nitrogen and oxygen atoms in total. The van der Waals surface area contributed by atoms with Gasteiger partial charge in [0.1, 0.15) is 17.5 Å². The summed E-state index contributed by atoms with van der Waals surface area (Å²) in [7, 11) is 1.42. The van der Waals surface area contributed by atoms with E-state index in [2.05, 4.69) is 21.1 Å². The van der Waals surface area contributed by atoms with E-state index in [0.717, 1.165) is 25.1 Å². The molecule has 1 aliphatic heterocycles. The number of benzene rings is 2. The van der Waals surface area contributed by atoms with Gasteiger partial charge in [-0.1, -0.05) is 29.8 Å². The van der Waals surface area contributed by atoms with E-state index in [0.29, 0.717) is 17.2 Å². The lowest BCUT2D eigenvalue weighted by atomic mass is 10.0. The van der Waals surface area contributed by atoms with E-state index in [4.69, 9.17) is 21.4 Å². The first-order valence-electron chi connectivity index (χ1n) is 9.54. The Balaban J connectivity index is 0.000000229. The molecule has 0 radical (unpaired) electrons. The minimum Gasteiger partial charge on any atom is -0.508 e. The normalized spacial score (nSPS) is 13.9. The molecular weight excluding hydrogens is 438 g/mol. The topological polar surface area (TPSA) is 76.1 Å². The summed E-state index contributed by atoms with van der Waals surface area (Å²) in [5.74, 6) is 0.313. The number of esters is 1. The summed E-state index contributed by atoms with van der Waals surface area (Å²) in [5, 5.41) is 11.5. The summed E-state index contributed by atoms with van der Waals surface area (Å²) < 4.78 is 9.48. The van der Waals surface area contributed by atoms with Gasteiger partial charge < -0.3 is 14.6 Å². The molecule has 0 unspecified atom stereocenters. The molecule has 8 heteroatoms. The minimum absolute atomic E-state index is 0.151. The van der Waals surface area contributed by atoms with Gasteiger partial charge in [-0.25, -0.2) is 4.79 Å². The summed E-state index contributed by atoms with van der Waals surface area (Å²) in [6.07, 6.45) is 0.963. The molecule has 0 saturated carbocycles. The van der Waals surface area contributed by atoms with Crippen molar-refractivity contribution >= 4 is 35.4 Å². The number of methoxy groups -OCH3 is 1. The van der Waals surface area contributed by atoms with Crippen molar-refractivity contribution in [2.45, 2.75) is 19.0 Å². The van der Waals surface area contributed by atoms with E-state index >= 15 is 0 Å². The first-order valence-corrected chi connectivity index (χ1v) is 10.8. The van der Waals surface area contributed by atoms with Gasteiger partial charge in [0.25, 0.3) is 6.47 Å². The molecule has 0 saturated heterocycles. The number of aromatic hydroxyl groups is 1. The van der Waals surface area contributed by atoms with Crippen molar-refractivity contribution < 1.29 is 24.2 Å². The Hall–Kier alpha value is -2.87. The Morgan fingerprint density at radius 1 is 1.19 bits per heavy atom. The van der Waals surface area contributed by atoms with Gasteiger partial charge in [-0.3, -0.25) is 9.69 Å². The summed E-state index contributed by atoms with van der Waals surface area (Å²) >= 11 is 8.07. The average molecular weight is 460 g/mol. The van der Waals surface area contributed by atoms with Crippen molar-refractivity contribution in [3.8, 4) is 11.5 Å². The van der Waals surface area contributed by atoms with E-state index in [1.54, 1.807) is 11.3 Å². The maximum atomic E-state index is 12.3. The third-order valence-corrected chi connectivity index (χ3v) is 6.21. The van der Waals surface area contributed by atoms with Gasteiger partial charge >= 0.3 is 5.97 Å². The molecule has 162 valence electrons. The molecule has 1 atom stereocenters. The van der Waals surface area contributed by atoms with Crippen LogP contribution in [0.2, 0.25) is 5.02 Å². The predicted molar refractivity (Wildman–Crippen MR) is 119 cm³/mol. The highest BCUT2D eigenvalue weighted by molar-refractivity contribution is 7.10. The van der Waals surface area contributed by atoms with E-state index in [-0.39, 0.29) is 11.7 Å². The van der Waals surface area contributed by atoms with Gasteiger partial charge in [-0.05, 0) is 59.3 Å². The molecule has 1 aliphatic rings. The number of fused-ring (bicyclic) bond motifs is 1. The number of carbonyl (C=O) groups excluding carboxylic acids is 2. The van der Waals surface area contributed by atoms with Crippen LogP contribution in [0.4, 0.5) is 0 Å². The van der Waals surface area contributed by atoms with Gasteiger partial charge in [0.05, 0.1) is 7.11 Å². The van der Waals surface area contributed by atoms with Crippen LogP contribution in [0.3, 0.4) is 0 Å². The number of phenols is 1. The van der Waals surface area contributed by atoms with Crippen LogP contribution in [0.15, 0.2) is 60.0 Å². The highest BCUT2D eigenvalue weighted by Gasteiger charge is 2.32. The fourth-order valence-electron chi connectivity index (χ4n) is 3.35. The monoisotopic (exact) mass is 459 g/mol. The molecule has 1 aromatic heterocycles. The zero-order valence-corrected chi connectivity index (χ0v) is 18.4. The number of rotatable bonds is 5. The zero-order valence-electron chi connectivity index (χ0n) is 16.9. The number of phenolic OH excluding ortho intramolecular Hbond substituents is 1. The van der Waals surface area contributed by atoms with E-state index in [9.17, 15) is 9.59 Å². The second-order valence-corrected chi connectivity index (χ2v) is 8.15. The van der Waals surface area contributed by atoms with E-state index < -0.39 is 6.04 Å². The van der Waals surface area contributed by atoms with Crippen LogP contribution in [0.1, 0.15) is 22.0 Å². The number of nitrogens with zero attached hydrogens (tertiary/aromatic N) is 1. The van der Waals surface area contributed by atoms with Crippen LogP contribution in [0.25, 0.3) is 0 Å². The van der Waals surface area contributed by atoms with Crippen molar-refractivity contribution in [1.29, 1.82) is 0 Å². The van der Waals surface area contributed by atoms with Gasteiger partial charge in [-0.15, -0.1) is 11.3 Å². The quantitative estimate of drug-likeness (QED) is 0.444. The van der Waals surface area contributed by atoms with E-state index in [1.165, 1.54) is 41.8 Å². The number of hydrogen-bond donors (Lipinski definition) is 1. The third kappa shape index (κ3) is 5.85. The first-order chi connectivity index (χ1) is 15.0. The zero-order chi connectivity index (χ0) is 22.2. The Morgan fingerprint density at radius 3 is 2.61 bits per heavy atom. The highest BCUT2D eigenvalue weighted by Crippen LogP contribution is 2.33. The maximum absolute atomic E-state index is 12.3. The molecule has 0 amide bonds. The molecule has 0 aliphatic carbocycles. The Bertz CT molecular complexity index is 1020. The highest BCUT2D eigenvalue weighted by atomic mass is 35.5. The summed E-state index contributed by atoms with van der Waals surface area (Å²) in [5.41, 5.74) is 2.11. The number of ether oxygens (including phenoxy) is 2. The van der Waals surface area contributed by atoms with Gasteiger partial charge in [0.2, 0.25) is 0 Å². The van der Waals surface area contributed by atoms with Gasteiger partial charge in [-0.2, -0.15) is 0 Å². The largest absolute Gasteiger partial charge is 0.508 e. The molecule has 0 spiro atoms. The average Bonchev–Trinajstić information content (AvgIpc) is 3.25. The number of thiophene rings is 1. The first kappa shape index (κ1) is 22.8. The second-order valence-electron chi connectivity index (χ2n) is 6.74. The maximum Gasteiger partial charge on any atom is 0.327 e. The molecule has 1 N–H and O–H groups in total. The molecule has 3 aromatic rings. The molecule has 0 fully saturated rings. The lowest BCUT2D eigenvalue weighted by Gasteiger charge is -2.33. The molecule has 0 bridgehead atoms. The number of halogens is 1. The minimum atomic E-state index is -0.447. The Morgan fingerprint density at radius 2 is 1.94 bits per heavy atom. The van der Waals surface area contributed by atoms with Crippen LogP contribution in [-0.4, -0.2) is 36.1 Å². The molecule has 31 heavy (non-hydrogen) atoms. The summed E-state index contributed by atoms with van der Waals surface area (Å²) in [4.78, 5) is 25.6. The lowest BCUT2D eigenvalue weighted by Crippen LogP contribution is -2.38. The van der Waals surface area contributed by atoms with Crippen molar-refractivity contribution in [2.75, 3.05) is 13.7 Å². The Labute approximate surface area is 189 Å². The van der Waals surface area contributed by atoms with Crippen LogP contribution < -0.4 is 4.74 Å². The lowest BCUT2D eigenvalue weighted by molar-refractivity contribution is -0.147. The number of carbonyl (C=O) groups is 2. The summed E-state index contributed by atoms with van der Waals surface area (Å²) in [6, 6.07) is 15.1. The molecule has 2 aromatic carbocycles. The molecule has 4 rings (SSSR count). The van der Waals surface area contributed by atoms with Crippen LogP contribution in [0.5, 0.6) is 11.5 Å². The predicted octanol–water partition coefficient (Wildman–Crippen LogP) is 4.60. The van der Waals surface area contributed by atoms with E-state index in [1.807, 2.05) is 24.3 Å². The Kier molecular flexibility index (Phi) is 8.06. The SMILES string of the molecule is COC(=O)[C@H](c1ccccc1Cl)N1CCc2sccc2C1.O=COc1ccc(O)cc1.